The van der Waals surface area contributed by atoms with E-state index in [2.05, 4.69) is 35.1 Å². The van der Waals surface area contributed by atoms with Gasteiger partial charge in [0.1, 0.15) is 0 Å². The SMILES string of the molecule is CC1(C)C(Nc2cccnc2N2CCCC2)C2CCOC21. The van der Waals surface area contributed by atoms with E-state index in [-0.39, 0.29) is 5.41 Å². The number of nitrogens with one attached hydrogen (secondary N) is 1. The van der Waals surface area contributed by atoms with E-state index in [1.165, 1.54) is 24.9 Å². The van der Waals surface area contributed by atoms with Gasteiger partial charge in [-0.2, -0.15) is 0 Å². The smallest absolute Gasteiger partial charge is 0.151 e. The van der Waals surface area contributed by atoms with Crippen molar-refractivity contribution >= 4 is 11.5 Å². The van der Waals surface area contributed by atoms with Gasteiger partial charge in [-0.05, 0) is 31.4 Å². The number of aromatic nitrogens is 1. The van der Waals surface area contributed by atoms with Crippen LogP contribution in [0.15, 0.2) is 18.3 Å². The number of anilines is 2. The molecule has 2 aliphatic heterocycles. The molecule has 4 rings (SSSR count). The average molecular weight is 287 g/mol. The Bertz CT molecular complexity index is 525. The highest BCUT2D eigenvalue weighted by Crippen LogP contribution is 2.53. The Hall–Kier alpha value is -1.29. The lowest BCUT2D eigenvalue weighted by Gasteiger charge is -2.55. The predicted octanol–water partition coefficient (Wildman–Crippen LogP) is 2.91. The number of ether oxygens (including phenoxy) is 1. The number of pyridine rings is 1. The van der Waals surface area contributed by atoms with E-state index in [1.807, 2.05) is 12.3 Å². The minimum atomic E-state index is 0.208. The summed E-state index contributed by atoms with van der Waals surface area (Å²) in [7, 11) is 0. The van der Waals surface area contributed by atoms with E-state index >= 15 is 0 Å². The van der Waals surface area contributed by atoms with Crippen LogP contribution in [0.25, 0.3) is 0 Å². The van der Waals surface area contributed by atoms with Crippen LogP contribution in [-0.2, 0) is 4.74 Å². The van der Waals surface area contributed by atoms with Crippen molar-refractivity contribution in [3.05, 3.63) is 18.3 Å². The summed E-state index contributed by atoms with van der Waals surface area (Å²) in [5, 5.41) is 3.80. The third-order valence-corrected chi connectivity index (χ3v) is 5.60. The molecule has 3 atom stereocenters. The zero-order valence-corrected chi connectivity index (χ0v) is 13.0. The molecule has 3 fully saturated rings. The van der Waals surface area contributed by atoms with Gasteiger partial charge >= 0.3 is 0 Å². The molecule has 0 aromatic carbocycles. The fourth-order valence-electron chi connectivity index (χ4n) is 4.48. The number of hydrogen-bond acceptors (Lipinski definition) is 4. The molecule has 1 aromatic heterocycles. The van der Waals surface area contributed by atoms with E-state index in [0.29, 0.717) is 18.1 Å². The highest BCUT2D eigenvalue weighted by molar-refractivity contribution is 5.66. The molecule has 1 N–H and O–H groups in total. The lowest BCUT2D eigenvalue weighted by molar-refractivity contribution is -0.0923. The van der Waals surface area contributed by atoms with Crippen LogP contribution in [0.4, 0.5) is 11.5 Å². The van der Waals surface area contributed by atoms with Crippen LogP contribution in [0.5, 0.6) is 0 Å². The second kappa shape index (κ2) is 4.87. The molecular formula is C17H25N3O. The van der Waals surface area contributed by atoms with E-state index in [4.69, 9.17) is 4.74 Å². The lowest BCUT2D eigenvalue weighted by atomic mass is 9.57. The topological polar surface area (TPSA) is 37.4 Å². The Labute approximate surface area is 126 Å². The Kier molecular flexibility index (Phi) is 3.10. The summed E-state index contributed by atoms with van der Waals surface area (Å²) in [5.41, 5.74) is 1.40. The third-order valence-electron chi connectivity index (χ3n) is 5.60. The van der Waals surface area contributed by atoms with Crippen molar-refractivity contribution in [1.82, 2.24) is 4.98 Å². The van der Waals surface area contributed by atoms with Gasteiger partial charge in [0.05, 0.1) is 11.8 Å². The number of fused-ring (bicyclic) bond motifs is 1. The maximum atomic E-state index is 5.90. The number of hydrogen-bond donors (Lipinski definition) is 1. The van der Waals surface area contributed by atoms with Crippen molar-refractivity contribution in [3.8, 4) is 0 Å². The summed E-state index contributed by atoms with van der Waals surface area (Å²) in [4.78, 5) is 7.05. The Morgan fingerprint density at radius 1 is 1.33 bits per heavy atom. The summed E-state index contributed by atoms with van der Waals surface area (Å²) < 4.78 is 5.90. The van der Waals surface area contributed by atoms with Gasteiger partial charge in [0, 0.05) is 43.3 Å². The molecule has 3 heterocycles. The maximum absolute atomic E-state index is 5.90. The van der Waals surface area contributed by atoms with Crippen molar-refractivity contribution in [2.24, 2.45) is 11.3 Å². The van der Waals surface area contributed by atoms with E-state index in [9.17, 15) is 0 Å². The second-order valence-electron chi connectivity index (χ2n) is 7.26. The Morgan fingerprint density at radius 3 is 2.95 bits per heavy atom. The van der Waals surface area contributed by atoms with Crippen LogP contribution in [0, 0.1) is 11.3 Å². The lowest BCUT2D eigenvalue weighted by Crippen LogP contribution is -2.63. The standard InChI is InChI=1S/C17H25N3O/c1-17(2)14(12-7-11-21-15(12)17)19-13-6-5-8-18-16(13)20-9-3-4-10-20/h5-6,8,12,14-15,19H,3-4,7,9-11H2,1-2H3. The quantitative estimate of drug-likeness (QED) is 0.927. The van der Waals surface area contributed by atoms with Crippen molar-refractivity contribution in [1.29, 1.82) is 0 Å². The van der Waals surface area contributed by atoms with Crippen molar-refractivity contribution in [2.75, 3.05) is 29.9 Å². The van der Waals surface area contributed by atoms with Gasteiger partial charge in [-0.25, -0.2) is 4.98 Å². The summed E-state index contributed by atoms with van der Waals surface area (Å²) >= 11 is 0. The van der Waals surface area contributed by atoms with Gasteiger partial charge in [-0.15, -0.1) is 0 Å². The molecule has 3 aliphatic rings. The second-order valence-corrected chi connectivity index (χ2v) is 7.26. The van der Waals surface area contributed by atoms with Crippen LogP contribution in [0.3, 0.4) is 0 Å². The summed E-state index contributed by atoms with van der Waals surface area (Å²) in [6.07, 6.45) is 6.09. The van der Waals surface area contributed by atoms with Crippen LogP contribution < -0.4 is 10.2 Å². The molecule has 4 heteroatoms. The molecular weight excluding hydrogens is 262 g/mol. The minimum absolute atomic E-state index is 0.208. The molecule has 0 bridgehead atoms. The van der Waals surface area contributed by atoms with Crippen LogP contribution in [0.1, 0.15) is 33.1 Å². The first kappa shape index (κ1) is 13.4. The molecule has 1 aromatic rings. The van der Waals surface area contributed by atoms with Gasteiger partial charge in [-0.1, -0.05) is 13.8 Å². The first-order valence-electron chi connectivity index (χ1n) is 8.26. The summed E-state index contributed by atoms with van der Waals surface area (Å²) in [5.74, 6) is 1.79. The average Bonchev–Trinajstić information content (AvgIpc) is 3.15. The fraction of sp³-hybridized carbons (Fsp3) is 0.706. The number of nitrogens with zero attached hydrogens (tertiary/aromatic N) is 2. The molecule has 3 unspecified atom stereocenters. The first-order valence-corrected chi connectivity index (χ1v) is 8.26. The van der Waals surface area contributed by atoms with E-state index in [0.717, 1.165) is 25.5 Å². The summed E-state index contributed by atoms with van der Waals surface area (Å²) in [6, 6.07) is 4.71. The highest BCUT2D eigenvalue weighted by atomic mass is 16.5. The van der Waals surface area contributed by atoms with Gasteiger partial charge in [0.15, 0.2) is 5.82 Å². The Balaban J connectivity index is 1.57. The van der Waals surface area contributed by atoms with E-state index in [1.54, 1.807) is 0 Å². The molecule has 0 radical (unpaired) electrons. The normalized spacial score (nSPS) is 33.6. The molecule has 4 nitrogen and oxygen atoms in total. The van der Waals surface area contributed by atoms with Gasteiger partial charge in [0.2, 0.25) is 0 Å². The molecule has 2 saturated heterocycles. The Morgan fingerprint density at radius 2 is 2.14 bits per heavy atom. The summed E-state index contributed by atoms with van der Waals surface area (Å²) in [6.45, 7) is 7.83. The van der Waals surface area contributed by atoms with Gasteiger partial charge in [0.25, 0.3) is 0 Å². The molecule has 114 valence electrons. The van der Waals surface area contributed by atoms with Crippen LogP contribution >= 0.6 is 0 Å². The van der Waals surface area contributed by atoms with Crippen molar-refractivity contribution in [3.63, 3.8) is 0 Å². The van der Waals surface area contributed by atoms with E-state index < -0.39 is 0 Å². The van der Waals surface area contributed by atoms with Crippen LogP contribution in [-0.4, -0.2) is 36.8 Å². The van der Waals surface area contributed by atoms with Gasteiger partial charge < -0.3 is 15.0 Å². The van der Waals surface area contributed by atoms with Crippen LogP contribution in [0.2, 0.25) is 0 Å². The molecule has 1 aliphatic carbocycles. The highest BCUT2D eigenvalue weighted by Gasteiger charge is 2.59. The molecule has 1 saturated carbocycles. The van der Waals surface area contributed by atoms with Crippen molar-refractivity contribution < 1.29 is 4.74 Å². The number of rotatable bonds is 3. The molecule has 21 heavy (non-hydrogen) atoms. The monoisotopic (exact) mass is 287 g/mol. The zero-order chi connectivity index (χ0) is 14.4. The predicted molar refractivity (Wildman–Crippen MR) is 84.7 cm³/mol. The maximum Gasteiger partial charge on any atom is 0.151 e. The molecule has 0 spiro atoms. The fourth-order valence-corrected chi connectivity index (χ4v) is 4.48. The first-order chi connectivity index (χ1) is 10.2. The molecule has 0 amide bonds. The minimum Gasteiger partial charge on any atom is -0.378 e. The third kappa shape index (κ3) is 2.03. The largest absolute Gasteiger partial charge is 0.378 e. The van der Waals surface area contributed by atoms with Crippen molar-refractivity contribution in [2.45, 2.75) is 45.3 Å². The zero-order valence-electron chi connectivity index (χ0n) is 13.0. The van der Waals surface area contributed by atoms with Gasteiger partial charge in [-0.3, -0.25) is 0 Å².